The maximum Gasteiger partial charge on any atom is 0.328 e. The second-order valence-corrected chi connectivity index (χ2v) is 3.96. The van der Waals surface area contributed by atoms with Crippen molar-refractivity contribution in [1.82, 2.24) is 0 Å². The summed E-state index contributed by atoms with van der Waals surface area (Å²) in [5.74, 6) is -0.323. The number of carbonyl (C=O) groups excluding carboxylic acids is 1. The molecule has 1 rings (SSSR count). The molecular formula is C10H19NO3. The first-order valence-electron chi connectivity index (χ1n) is 5.16. The zero-order valence-corrected chi connectivity index (χ0v) is 8.91. The van der Waals surface area contributed by atoms with E-state index in [2.05, 4.69) is 6.92 Å². The number of hydrogen-bond donors (Lipinski definition) is 1. The minimum Gasteiger partial charge on any atom is -0.461 e. The lowest BCUT2D eigenvalue weighted by atomic mass is 10.0. The molecule has 82 valence electrons. The Morgan fingerprint density at radius 1 is 1.71 bits per heavy atom. The van der Waals surface area contributed by atoms with E-state index in [0.29, 0.717) is 13.0 Å². The van der Waals surface area contributed by atoms with Crippen LogP contribution >= 0.6 is 0 Å². The number of esters is 1. The zero-order valence-electron chi connectivity index (χ0n) is 8.91. The molecule has 1 fully saturated rings. The molecule has 4 nitrogen and oxygen atoms in total. The monoisotopic (exact) mass is 201 g/mol. The summed E-state index contributed by atoms with van der Waals surface area (Å²) in [4.78, 5) is 11.6. The molecule has 0 aromatic rings. The standard InChI is InChI=1S/C10H19NO3/c1-3-4-8(2)14-9(12)10(11)5-6-13-7-10/h8H,3-7,11H2,1-2H3. The average Bonchev–Trinajstić information content (AvgIpc) is 2.54. The molecule has 0 spiro atoms. The Morgan fingerprint density at radius 3 is 2.93 bits per heavy atom. The lowest BCUT2D eigenvalue weighted by Gasteiger charge is -2.22. The van der Waals surface area contributed by atoms with E-state index >= 15 is 0 Å². The van der Waals surface area contributed by atoms with E-state index in [4.69, 9.17) is 15.2 Å². The number of nitrogens with two attached hydrogens (primary N) is 1. The Hall–Kier alpha value is -0.610. The molecule has 1 saturated heterocycles. The molecule has 1 aliphatic rings. The second-order valence-electron chi connectivity index (χ2n) is 3.96. The van der Waals surface area contributed by atoms with E-state index in [-0.39, 0.29) is 18.7 Å². The van der Waals surface area contributed by atoms with Gasteiger partial charge in [-0.05, 0) is 13.3 Å². The fourth-order valence-corrected chi connectivity index (χ4v) is 1.51. The highest BCUT2D eigenvalue weighted by molar-refractivity contribution is 5.81. The molecule has 1 heterocycles. The summed E-state index contributed by atoms with van der Waals surface area (Å²) >= 11 is 0. The first kappa shape index (κ1) is 11.5. The molecule has 2 unspecified atom stereocenters. The smallest absolute Gasteiger partial charge is 0.328 e. The maximum atomic E-state index is 11.6. The first-order valence-corrected chi connectivity index (χ1v) is 5.16. The fraction of sp³-hybridized carbons (Fsp3) is 0.900. The van der Waals surface area contributed by atoms with Gasteiger partial charge in [-0.3, -0.25) is 0 Å². The van der Waals surface area contributed by atoms with E-state index in [1.807, 2.05) is 6.92 Å². The van der Waals surface area contributed by atoms with E-state index in [0.717, 1.165) is 12.8 Å². The molecule has 0 bridgehead atoms. The summed E-state index contributed by atoms with van der Waals surface area (Å²) in [7, 11) is 0. The highest BCUT2D eigenvalue weighted by Gasteiger charge is 2.40. The highest BCUT2D eigenvalue weighted by atomic mass is 16.6. The fourth-order valence-electron chi connectivity index (χ4n) is 1.51. The van der Waals surface area contributed by atoms with Crippen molar-refractivity contribution in [2.45, 2.75) is 44.8 Å². The molecule has 0 saturated carbocycles. The minimum absolute atomic E-state index is 0.0477. The van der Waals surface area contributed by atoms with Crippen molar-refractivity contribution in [3.63, 3.8) is 0 Å². The van der Waals surface area contributed by atoms with E-state index in [9.17, 15) is 4.79 Å². The van der Waals surface area contributed by atoms with Gasteiger partial charge in [0.05, 0.1) is 12.7 Å². The minimum atomic E-state index is -0.901. The van der Waals surface area contributed by atoms with Gasteiger partial charge >= 0.3 is 5.97 Å². The van der Waals surface area contributed by atoms with E-state index < -0.39 is 5.54 Å². The Labute approximate surface area is 84.7 Å². The van der Waals surface area contributed by atoms with Crippen molar-refractivity contribution in [1.29, 1.82) is 0 Å². The number of hydrogen-bond acceptors (Lipinski definition) is 4. The quantitative estimate of drug-likeness (QED) is 0.684. The van der Waals surface area contributed by atoms with Crippen LogP contribution in [-0.4, -0.2) is 30.8 Å². The highest BCUT2D eigenvalue weighted by Crippen LogP contribution is 2.18. The van der Waals surface area contributed by atoms with Crippen LogP contribution in [0.1, 0.15) is 33.1 Å². The Balaban J connectivity index is 2.40. The van der Waals surface area contributed by atoms with Crippen molar-refractivity contribution >= 4 is 5.97 Å². The lowest BCUT2D eigenvalue weighted by molar-refractivity contribution is -0.155. The lowest BCUT2D eigenvalue weighted by Crippen LogP contribution is -2.50. The summed E-state index contributed by atoms with van der Waals surface area (Å²) in [6, 6.07) is 0. The Bertz CT molecular complexity index is 200. The number of carbonyl (C=O) groups is 1. The molecule has 2 N–H and O–H groups in total. The third-order valence-electron chi connectivity index (χ3n) is 2.46. The molecule has 0 aromatic carbocycles. The normalized spacial score (nSPS) is 28.8. The van der Waals surface area contributed by atoms with E-state index in [1.54, 1.807) is 0 Å². The Kier molecular flexibility index (Phi) is 3.89. The zero-order chi connectivity index (χ0) is 10.6. The SMILES string of the molecule is CCCC(C)OC(=O)C1(N)CCOC1. The molecule has 2 atom stereocenters. The van der Waals surface area contributed by atoms with Crippen LogP contribution in [0.3, 0.4) is 0 Å². The van der Waals surface area contributed by atoms with Crippen LogP contribution < -0.4 is 5.73 Å². The van der Waals surface area contributed by atoms with Crippen molar-refractivity contribution in [2.24, 2.45) is 5.73 Å². The van der Waals surface area contributed by atoms with Gasteiger partial charge in [0.25, 0.3) is 0 Å². The van der Waals surface area contributed by atoms with Gasteiger partial charge in [-0.2, -0.15) is 0 Å². The predicted molar refractivity (Wildman–Crippen MR) is 52.8 cm³/mol. The predicted octanol–water partition coefficient (Wildman–Crippen LogP) is 0.836. The van der Waals surface area contributed by atoms with Gasteiger partial charge in [-0.1, -0.05) is 13.3 Å². The van der Waals surface area contributed by atoms with Crippen molar-refractivity contribution in [3.8, 4) is 0 Å². The number of rotatable bonds is 4. The molecule has 0 aliphatic carbocycles. The van der Waals surface area contributed by atoms with Crippen LogP contribution in [0.15, 0.2) is 0 Å². The first-order chi connectivity index (χ1) is 6.58. The molecule has 1 aliphatic heterocycles. The van der Waals surface area contributed by atoms with Crippen LogP contribution in [0.25, 0.3) is 0 Å². The average molecular weight is 201 g/mol. The summed E-state index contributed by atoms with van der Waals surface area (Å²) in [6.07, 6.45) is 2.39. The Morgan fingerprint density at radius 2 is 2.43 bits per heavy atom. The van der Waals surface area contributed by atoms with Crippen molar-refractivity contribution < 1.29 is 14.3 Å². The largest absolute Gasteiger partial charge is 0.461 e. The summed E-state index contributed by atoms with van der Waals surface area (Å²) in [5, 5.41) is 0. The van der Waals surface area contributed by atoms with Gasteiger partial charge in [0, 0.05) is 13.0 Å². The van der Waals surface area contributed by atoms with E-state index in [1.165, 1.54) is 0 Å². The summed E-state index contributed by atoms with van der Waals surface area (Å²) < 4.78 is 10.3. The molecule has 4 heteroatoms. The molecule has 0 aromatic heterocycles. The van der Waals surface area contributed by atoms with Gasteiger partial charge in [-0.25, -0.2) is 4.79 Å². The van der Waals surface area contributed by atoms with Crippen LogP contribution in [0, 0.1) is 0 Å². The third-order valence-corrected chi connectivity index (χ3v) is 2.46. The molecular weight excluding hydrogens is 182 g/mol. The van der Waals surface area contributed by atoms with Crippen LogP contribution in [-0.2, 0) is 14.3 Å². The van der Waals surface area contributed by atoms with Crippen molar-refractivity contribution in [2.75, 3.05) is 13.2 Å². The third kappa shape index (κ3) is 2.69. The second kappa shape index (κ2) is 4.75. The van der Waals surface area contributed by atoms with Gasteiger partial charge in [0.15, 0.2) is 0 Å². The van der Waals surface area contributed by atoms with Gasteiger partial charge in [-0.15, -0.1) is 0 Å². The molecule has 14 heavy (non-hydrogen) atoms. The summed E-state index contributed by atoms with van der Waals surface area (Å²) in [5.41, 5.74) is 4.95. The maximum absolute atomic E-state index is 11.6. The van der Waals surface area contributed by atoms with Crippen LogP contribution in [0.2, 0.25) is 0 Å². The van der Waals surface area contributed by atoms with Gasteiger partial charge < -0.3 is 15.2 Å². The van der Waals surface area contributed by atoms with Crippen LogP contribution in [0.4, 0.5) is 0 Å². The topological polar surface area (TPSA) is 61.5 Å². The molecule has 0 radical (unpaired) electrons. The van der Waals surface area contributed by atoms with Gasteiger partial charge in [0.2, 0.25) is 0 Å². The summed E-state index contributed by atoms with van der Waals surface area (Å²) in [6.45, 7) is 4.78. The van der Waals surface area contributed by atoms with Crippen LogP contribution in [0.5, 0.6) is 0 Å². The molecule has 0 amide bonds. The van der Waals surface area contributed by atoms with Gasteiger partial charge in [0.1, 0.15) is 5.54 Å². The number of ether oxygens (including phenoxy) is 2. The van der Waals surface area contributed by atoms with Crippen molar-refractivity contribution in [3.05, 3.63) is 0 Å².